The number of aromatic nitrogens is 2. The lowest BCUT2D eigenvalue weighted by Crippen LogP contribution is -2.16. The van der Waals surface area contributed by atoms with Crippen LogP contribution in [0.5, 0.6) is 0 Å². The quantitative estimate of drug-likeness (QED) is 0.340. The first-order chi connectivity index (χ1) is 14.8. The number of nitrogens with one attached hydrogen (secondary N) is 2. The summed E-state index contributed by atoms with van der Waals surface area (Å²) in [6.07, 6.45) is 0. The van der Waals surface area contributed by atoms with Gasteiger partial charge >= 0.3 is 0 Å². The largest absolute Gasteiger partial charge is 0.337 e. The van der Waals surface area contributed by atoms with Gasteiger partial charge in [-0.1, -0.05) is 30.3 Å². The Morgan fingerprint density at radius 2 is 1.42 bits per heavy atom. The molecule has 0 atom stereocenters. The van der Waals surface area contributed by atoms with Crippen molar-refractivity contribution in [2.75, 3.05) is 10.0 Å². The van der Waals surface area contributed by atoms with Gasteiger partial charge in [0.2, 0.25) is 0 Å². The topological polar surface area (TPSA) is 127 Å². The predicted octanol–water partition coefficient (Wildman–Crippen LogP) is 4.39. The van der Waals surface area contributed by atoms with Crippen molar-refractivity contribution in [2.24, 2.45) is 0 Å². The molecule has 0 fully saturated rings. The van der Waals surface area contributed by atoms with Crippen molar-refractivity contribution < 1.29 is 13.3 Å². The fourth-order valence-electron chi connectivity index (χ4n) is 2.93. The van der Waals surface area contributed by atoms with E-state index in [9.17, 15) is 18.5 Å². The third-order valence-corrected chi connectivity index (χ3v) is 5.91. The van der Waals surface area contributed by atoms with Gasteiger partial charge in [0.15, 0.2) is 11.6 Å². The molecule has 0 saturated carbocycles. The number of rotatable bonds is 6. The average Bonchev–Trinajstić information content (AvgIpc) is 2.75. The minimum atomic E-state index is -4.06. The lowest BCUT2D eigenvalue weighted by atomic mass is 10.2. The first-order valence-electron chi connectivity index (χ1n) is 9.20. The van der Waals surface area contributed by atoms with E-state index in [2.05, 4.69) is 20.0 Å². The molecule has 4 aromatic rings. The fourth-order valence-corrected chi connectivity index (χ4v) is 3.94. The maximum absolute atomic E-state index is 12.9. The van der Waals surface area contributed by atoms with Gasteiger partial charge in [-0.2, -0.15) is 0 Å². The third-order valence-electron chi connectivity index (χ3n) is 4.56. The molecule has 0 aliphatic heterocycles. The van der Waals surface area contributed by atoms with Gasteiger partial charge in [-0.15, -0.1) is 0 Å². The molecule has 0 bridgehead atoms. The van der Waals surface area contributed by atoms with Crippen LogP contribution in [0.15, 0.2) is 77.7 Å². The van der Waals surface area contributed by atoms with E-state index in [1.807, 2.05) is 37.3 Å². The van der Waals surface area contributed by atoms with E-state index in [1.165, 1.54) is 12.1 Å². The maximum Gasteiger partial charge on any atom is 0.269 e. The van der Waals surface area contributed by atoms with Gasteiger partial charge in [0.05, 0.1) is 20.9 Å². The number of nitro benzene ring substituents is 1. The van der Waals surface area contributed by atoms with E-state index in [0.29, 0.717) is 11.0 Å². The molecule has 0 aliphatic carbocycles. The summed E-state index contributed by atoms with van der Waals surface area (Å²) in [5.41, 5.74) is 2.60. The molecule has 0 radical (unpaired) electrons. The minimum absolute atomic E-state index is 0.0142. The van der Waals surface area contributed by atoms with Crippen molar-refractivity contribution in [1.82, 2.24) is 9.97 Å². The molecule has 1 heterocycles. The summed E-state index contributed by atoms with van der Waals surface area (Å²) in [5, 5.41) is 14.0. The number of para-hydroxylation sites is 3. The molecular formula is C21H17N5O4S. The highest BCUT2D eigenvalue weighted by Crippen LogP contribution is 2.28. The zero-order valence-electron chi connectivity index (χ0n) is 16.3. The number of benzene rings is 3. The van der Waals surface area contributed by atoms with Crippen molar-refractivity contribution in [3.05, 3.63) is 88.5 Å². The van der Waals surface area contributed by atoms with Gasteiger partial charge in [0.25, 0.3) is 15.7 Å². The van der Waals surface area contributed by atoms with Gasteiger partial charge in [-0.25, -0.2) is 18.4 Å². The average molecular weight is 435 g/mol. The maximum atomic E-state index is 12.9. The van der Waals surface area contributed by atoms with Gasteiger partial charge in [0, 0.05) is 17.8 Å². The summed E-state index contributed by atoms with van der Waals surface area (Å²) in [5.74, 6) is 0.249. The Labute approximate surface area is 178 Å². The second kappa shape index (κ2) is 8.00. The monoisotopic (exact) mass is 435 g/mol. The van der Waals surface area contributed by atoms with E-state index in [4.69, 9.17) is 0 Å². The van der Waals surface area contributed by atoms with Crippen molar-refractivity contribution in [3.63, 3.8) is 0 Å². The second-order valence-electron chi connectivity index (χ2n) is 6.71. The number of hydrogen-bond acceptors (Lipinski definition) is 7. The summed E-state index contributed by atoms with van der Waals surface area (Å²) >= 11 is 0. The molecule has 0 aliphatic rings. The minimum Gasteiger partial charge on any atom is -0.337 e. The number of aryl methyl sites for hydroxylation is 1. The van der Waals surface area contributed by atoms with Crippen LogP contribution >= 0.6 is 0 Å². The summed E-state index contributed by atoms with van der Waals surface area (Å²) < 4.78 is 28.3. The summed E-state index contributed by atoms with van der Waals surface area (Å²) in [4.78, 5) is 19.1. The Balaban J connectivity index is 1.76. The van der Waals surface area contributed by atoms with E-state index in [1.54, 1.807) is 18.2 Å². The molecule has 10 heteroatoms. The molecule has 156 valence electrons. The molecule has 0 amide bonds. The summed E-state index contributed by atoms with van der Waals surface area (Å²) in [6, 6.07) is 19.2. The molecule has 9 nitrogen and oxygen atoms in total. The van der Waals surface area contributed by atoms with E-state index >= 15 is 0 Å². The first kappa shape index (κ1) is 20.2. The Bertz CT molecular complexity index is 1390. The standard InChI is InChI=1S/C21H17N5O4S/c1-14-6-2-3-7-17(14)22-20-21(24-19-9-5-4-8-18(19)23-20)25-31(29,30)16-12-10-15(11-13-16)26(27)28/h2-13H,1H3,(H,22,23)(H,24,25). The summed E-state index contributed by atoms with van der Waals surface area (Å²) in [7, 11) is -4.06. The van der Waals surface area contributed by atoms with Gasteiger partial charge in [0.1, 0.15) is 0 Å². The van der Waals surface area contributed by atoms with E-state index < -0.39 is 14.9 Å². The lowest BCUT2D eigenvalue weighted by Gasteiger charge is -2.15. The van der Waals surface area contributed by atoms with Crippen LogP contribution in [0.4, 0.5) is 23.0 Å². The van der Waals surface area contributed by atoms with Crippen molar-refractivity contribution in [1.29, 1.82) is 0 Å². The fraction of sp³-hybridized carbons (Fsp3) is 0.0476. The van der Waals surface area contributed by atoms with Crippen LogP contribution < -0.4 is 10.0 Å². The molecule has 31 heavy (non-hydrogen) atoms. The molecule has 4 rings (SSSR count). The Morgan fingerprint density at radius 3 is 2.03 bits per heavy atom. The normalized spacial score (nSPS) is 11.3. The van der Waals surface area contributed by atoms with Gasteiger partial charge in [-0.3, -0.25) is 14.8 Å². The van der Waals surface area contributed by atoms with Crippen molar-refractivity contribution in [2.45, 2.75) is 11.8 Å². The van der Waals surface area contributed by atoms with Crippen LogP contribution in [0.25, 0.3) is 11.0 Å². The zero-order valence-corrected chi connectivity index (χ0v) is 17.1. The lowest BCUT2D eigenvalue weighted by molar-refractivity contribution is -0.384. The molecule has 3 aromatic carbocycles. The van der Waals surface area contributed by atoms with Crippen molar-refractivity contribution in [3.8, 4) is 0 Å². The number of non-ortho nitro benzene ring substituents is 1. The Morgan fingerprint density at radius 1 is 0.839 bits per heavy atom. The Kier molecular flexibility index (Phi) is 5.22. The zero-order chi connectivity index (χ0) is 22.0. The number of hydrogen-bond donors (Lipinski definition) is 2. The van der Waals surface area contributed by atoms with Crippen LogP contribution in [0.3, 0.4) is 0 Å². The van der Waals surface area contributed by atoms with Crippen LogP contribution in [0.2, 0.25) is 0 Å². The number of fused-ring (bicyclic) bond motifs is 1. The number of anilines is 3. The van der Waals surface area contributed by atoms with Crippen LogP contribution in [0.1, 0.15) is 5.56 Å². The number of sulfonamides is 1. The first-order valence-corrected chi connectivity index (χ1v) is 10.7. The van der Waals surface area contributed by atoms with Crippen LogP contribution in [-0.4, -0.2) is 23.3 Å². The molecule has 0 spiro atoms. The molecule has 2 N–H and O–H groups in total. The number of nitro groups is 1. The molecule has 0 saturated heterocycles. The highest BCUT2D eigenvalue weighted by atomic mass is 32.2. The van der Waals surface area contributed by atoms with Gasteiger partial charge < -0.3 is 5.32 Å². The molecule has 0 unspecified atom stereocenters. The predicted molar refractivity (Wildman–Crippen MR) is 118 cm³/mol. The summed E-state index contributed by atoms with van der Waals surface area (Å²) in [6.45, 7) is 1.91. The highest BCUT2D eigenvalue weighted by Gasteiger charge is 2.20. The highest BCUT2D eigenvalue weighted by molar-refractivity contribution is 7.92. The van der Waals surface area contributed by atoms with Gasteiger partial charge in [-0.05, 0) is 42.8 Å². The van der Waals surface area contributed by atoms with Crippen molar-refractivity contribution >= 4 is 44.1 Å². The van der Waals surface area contributed by atoms with E-state index in [0.717, 1.165) is 23.4 Å². The SMILES string of the molecule is Cc1ccccc1Nc1nc2ccccc2nc1NS(=O)(=O)c1ccc([N+](=O)[O-])cc1. The smallest absolute Gasteiger partial charge is 0.269 e. The second-order valence-corrected chi connectivity index (χ2v) is 8.39. The van der Waals surface area contributed by atoms with Crippen LogP contribution in [0, 0.1) is 17.0 Å². The Hall–Kier alpha value is -4.05. The number of nitrogens with zero attached hydrogens (tertiary/aromatic N) is 3. The molecule has 1 aromatic heterocycles. The van der Waals surface area contributed by atoms with Crippen LogP contribution in [-0.2, 0) is 10.0 Å². The van der Waals surface area contributed by atoms with E-state index in [-0.39, 0.29) is 22.2 Å². The third kappa shape index (κ3) is 4.28. The molecular weight excluding hydrogens is 418 g/mol.